The second-order valence-electron chi connectivity index (χ2n) is 5.93. The van der Waals surface area contributed by atoms with Gasteiger partial charge in [0.2, 0.25) is 11.7 Å². The lowest BCUT2D eigenvalue weighted by molar-refractivity contribution is 0.385. The van der Waals surface area contributed by atoms with Crippen molar-refractivity contribution < 1.29 is 17.3 Å². The molecular formula is C19H14FN3O3S2. The molecule has 4 aromatic rings. The van der Waals surface area contributed by atoms with Gasteiger partial charge in [-0.2, -0.15) is 4.98 Å². The van der Waals surface area contributed by atoms with E-state index in [1.807, 2.05) is 0 Å². The first-order valence-electron chi connectivity index (χ1n) is 8.23. The lowest BCUT2D eigenvalue weighted by atomic mass is 10.1. The summed E-state index contributed by atoms with van der Waals surface area (Å²) in [7, 11) is -3.59. The van der Waals surface area contributed by atoms with Gasteiger partial charge in [0.1, 0.15) is 10.0 Å². The fourth-order valence-electron chi connectivity index (χ4n) is 2.53. The van der Waals surface area contributed by atoms with Crippen LogP contribution in [0.15, 0.2) is 74.8 Å². The van der Waals surface area contributed by atoms with Crippen LogP contribution >= 0.6 is 11.3 Å². The molecule has 0 aliphatic rings. The molecule has 0 amide bonds. The number of anilines is 1. The molecule has 0 aliphatic heterocycles. The maximum atomic E-state index is 13.0. The van der Waals surface area contributed by atoms with Gasteiger partial charge in [-0.1, -0.05) is 23.4 Å². The van der Waals surface area contributed by atoms with Crippen molar-refractivity contribution in [3.63, 3.8) is 0 Å². The summed E-state index contributed by atoms with van der Waals surface area (Å²) < 4.78 is 45.5. The van der Waals surface area contributed by atoms with E-state index in [4.69, 9.17) is 4.52 Å². The van der Waals surface area contributed by atoms with Gasteiger partial charge in [0.25, 0.3) is 10.0 Å². The van der Waals surface area contributed by atoms with Gasteiger partial charge < -0.3 is 4.52 Å². The third-order valence-electron chi connectivity index (χ3n) is 3.89. The van der Waals surface area contributed by atoms with Gasteiger partial charge >= 0.3 is 0 Å². The number of nitrogens with one attached hydrogen (secondary N) is 1. The van der Waals surface area contributed by atoms with Gasteiger partial charge in [-0.3, -0.25) is 4.72 Å². The summed E-state index contributed by atoms with van der Waals surface area (Å²) >= 11 is 1.15. The molecule has 0 spiro atoms. The maximum Gasteiger partial charge on any atom is 0.271 e. The molecule has 0 bridgehead atoms. The normalized spacial score (nSPS) is 11.5. The van der Waals surface area contributed by atoms with Gasteiger partial charge in [-0.25, -0.2) is 12.8 Å². The van der Waals surface area contributed by atoms with Crippen LogP contribution in [0.1, 0.15) is 11.5 Å². The monoisotopic (exact) mass is 415 g/mol. The summed E-state index contributed by atoms with van der Waals surface area (Å²) in [6, 6.07) is 16.0. The van der Waals surface area contributed by atoms with Gasteiger partial charge in [-0.05, 0) is 53.4 Å². The predicted octanol–water partition coefficient (Wildman–Crippen LogP) is 4.33. The van der Waals surface area contributed by atoms with Crippen molar-refractivity contribution in [2.24, 2.45) is 0 Å². The summed E-state index contributed by atoms with van der Waals surface area (Å²) in [5, 5.41) is 5.65. The number of rotatable bonds is 6. The number of sulfonamides is 1. The van der Waals surface area contributed by atoms with Crippen molar-refractivity contribution in [1.82, 2.24) is 10.1 Å². The van der Waals surface area contributed by atoms with Crippen LogP contribution in [-0.2, 0) is 16.4 Å². The van der Waals surface area contributed by atoms with Gasteiger partial charge in [0.15, 0.2) is 0 Å². The molecule has 0 radical (unpaired) electrons. The van der Waals surface area contributed by atoms with Gasteiger partial charge in [0, 0.05) is 11.3 Å². The Hall–Kier alpha value is -3.04. The van der Waals surface area contributed by atoms with Crippen LogP contribution in [0.25, 0.3) is 11.4 Å². The highest BCUT2D eigenvalue weighted by Crippen LogP contribution is 2.23. The van der Waals surface area contributed by atoms with E-state index in [0.717, 1.165) is 16.9 Å². The molecule has 6 nitrogen and oxygen atoms in total. The Morgan fingerprint density at radius 2 is 1.79 bits per heavy atom. The molecule has 0 saturated heterocycles. The number of halogens is 1. The first-order chi connectivity index (χ1) is 13.5. The Bertz CT molecular complexity index is 1170. The van der Waals surface area contributed by atoms with E-state index in [0.29, 0.717) is 29.4 Å². The highest BCUT2D eigenvalue weighted by molar-refractivity contribution is 7.94. The Morgan fingerprint density at radius 3 is 2.46 bits per heavy atom. The molecular weight excluding hydrogens is 401 g/mol. The number of hydrogen-bond acceptors (Lipinski definition) is 6. The lowest BCUT2D eigenvalue weighted by Crippen LogP contribution is -2.11. The van der Waals surface area contributed by atoms with E-state index in [1.165, 1.54) is 12.1 Å². The standard InChI is InChI=1S/C19H14FN3O3S2/c20-15-7-3-13(4-8-15)12-17-21-19(22-26-17)14-5-9-16(10-6-14)23-28(24,25)18-2-1-11-27-18/h1-11,23H,12H2. The summed E-state index contributed by atoms with van der Waals surface area (Å²) in [5.41, 5.74) is 1.98. The van der Waals surface area contributed by atoms with E-state index < -0.39 is 10.0 Å². The van der Waals surface area contributed by atoms with Crippen molar-refractivity contribution in [3.05, 3.63) is 83.3 Å². The topological polar surface area (TPSA) is 85.1 Å². The van der Waals surface area contributed by atoms with Crippen molar-refractivity contribution in [1.29, 1.82) is 0 Å². The predicted molar refractivity (Wildman–Crippen MR) is 104 cm³/mol. The number of nitrogens with zero attached hydrogens (tertiary/aromatic N) is 2. The fraction of sp³-hybridized carbons (Fsp3) is 0.0526. The van der Waals surface area contributed by atoms with Gasteiger partial charge in [-0.15, -0.1) is 11.3 Å². The molecule has 142 valence electrons. The molecule has 2 aromatic carbocycles. The molecule has 4 rings (SSSR count). The van der Waals surface area contributed by atoms with Crippen LogP contribution in [0.3, 0.4) is 0 Å². The van der Waals surface area contributed by atoms with Crippen molar-refractivity contribution in [2.75, 3.05) is 4.72 Å². The zero-order chi connectivity index (χ0) is 19.6. The van der Waals surface area contributed by atoms with Crippen LogP contribution in [-0.4, -0.2) is 18.6 Å². The number of benzene rings is 2. The molecule has 1 N–H and O–H groups in total. The van der Waals surface area contributed by atoms with Crippen LogP contribution in [0.2, 0.25) is 0 Å². The third kappa shape index (κ3) is 4.10. The number of hydrogen-bond donors (Lipinski definition) is 1. The largest absolute Gasteiger partial charge is 0.339 e. The summed E-state index contributed by atoms with van der Waals surface area (Å²) in [5.74, 6) is 0.499. The molecule has 0 aliphatic carbocycles. The smallest absolute Gasteiger partial charge is 0.271 e. The molecule has 2 heterocycles. The quantitative estimate of drug-likeness (QED) is 0.507. The van der Waals surface area contributed by atoms with Crippen molar-refractivity contribution in [2.45, 2.75) is 10.6 Å². The van der Waals surface area contributed by atoms with Crippen LogP contribution < -0.4 is 4.72 Å². The molecule has 9 heteroatoms. The van der Waals surface area contributed by atoms with E-state index in [1.54, 1.807) is 53.9 Å². The molecule has 0 unspecified atom stereocenters. The van der Waals surface area contributed by atoms with Crippen molar-refractivity contribution >= 4 is 27.0 Å². The summed E-state index contributed by atoms with van der Waals surface area (Å²) in [6.45, 7) is 0. The van der Waals surface area contributed by atoms with Crippen LogP contribution in [0.4, 0.5) is 10.1 Å². The Morgan fingerprint density at radius 1 is 1.04 bits per heavy atom. The zero-order valence-corrected chi connectivity index (χ0v) is 16.0. The summed E-state index contributed by atoms with van der Waals surface area (Å²) in [4.78, 5) is 4.33. The second kappa shape index (κ2) is 7.53. The average molecular weight is 415 g/mol. The zero-order valence-electron chi connectivity index (χ0n) is 14.4. The molecule has 28 heavy (non-hydrogen) atoms. The Kier molecular flexibility index (Phi) is 4.93. The van der Waals surface area contributed by atoms with Crippen LogP contribution in [0, 0.1) is 5.82 Å². The Balaban J connectivity index is 1.47. The summed E-state index contributed by atoms with van der Waals surface area (Å²) in [6.07, 6.45) is 0.395. The van der Waals surface area contributed by atoms with Crippen LogP contribution in [0.5, 0.6) is 0 Å². The third-order valence-corrected chi connectivity index (χ3v) is 6.67. The molecule has 0 atom stereocenters. The van der Waals surface area contributed by atoms with E-state index >= 15 is 0 Å². The minimum absolute atomic E-state index is 0.250. The SMILES string of the molecule is O=S(=O)(Nc1ccc(-c2noc(Cc3ccc(F)cc3)n2)cc1)c1cccs1. The van der Waals surface area contributed by atoms with E-state index in [2.05, 4.69) is 14.9 Å². The highest BCUT2D eigenvalue weighted by Gasteiger charge is 2.15. The molecule has 0 fully saturated rings. The first kappa shape index (κ1) is 18.3. The first-order valence-corrected chi connectivity index (χ1v) is 10.6. The molecule has 2 aromatic heterocycles. The van der Waals surface area contributed by atoms with Gasteiger partial charge in [0.05, 0.1) is 6.42 Å². The average Bonchev–Trinajstić information content (AvgIpc) is 3.37. The Labute approximate surface area is 164 Å². The minimum Gasteiger partial charge on any atom is -0.339 e. The number of aromatic nitrogens is 2. The van der Waals surface area contributed by atoms with E-state index in [9.17, 15) is 12.8 Å². The number of thiophene rings is 1. The minimum atomic E-state index is -3.59. The van der Waals surface area contributed by atoms with Crippen molar-refractivity contribution in [3.8, 4) is 11.4 Å². The highest BCUT2D eigenvalue weighted by atomic mass is 32.2. The second-order valence-corrected chi connectivity index (χ2v) is 8.79. The molecule has 0 saturated carbocycles. The fourth-order valence-corrected chi connectivity index (χ4v) is 4.58. The lowest BCUT2D eigenvalue weighted by Gasteiger charge is -2.06. The van der Waals surface area contributed by atoms with E-state index in [-0.39, 0.29) is 10.0 Å². The maximum absolute atomic E-state index is 13.0.